The van der Waals surface area contributed by atoms with Crippen LogP contribution in [-0.2, 0) is 0 Å². The molecule has 0 saturated heterocycles. The molecule has 0 unspecified atom stereocenters. The maximum absolute atomic E-state index is 11.9. The van der Waals surface area contributed by atoms with E-state index < -0.39 is 0 Å². The maximum Gasteiger partial charge on any atom is 0.254 e. The van der Waals surface area contributed by atoms with Gasteiger partial charge in [-0.1, -0.05) is 6.07 Å². The second-order valence-electron chi connectivity index (χ2n) is 5.21. The third kappa shape index (κ3) is 5.23. The number of benzene rings is 1. The monoisotopic (exact) mass is 315 g/mol. The summed E-state index contributed by atoms with van der Waals surface area (Å²) in [6.07, 6.45) is 3.00. The number of hydrogen-bond donors (Lipinski definition) is 2. The van der Waals surface area contributed by atoms with Crippen molar-refractivity contribution in [2.24, 2.45) is 0 Å². The molecule has 0 radical (unpaired) electrons. The topological polar surface area (TPSA) is 79.4 Å². The van der Waals surface area contributed by atoms with Crippen molar-refractivity contribution >= 4 is 17.5 Å². The Balaban J connectivity index is 1.94. The molecule has 0 atom stereocenters. The quantitative estimate of drug-likeness (QED) is 0.806. The van der Waals surface area contributed by atoms with Gasteiger partial charge in [-0.05, 0) is 26.2 Å². The molecule has 0 aliphatic heterocycles. The van der Waals surface area contributed by atoms with Crippen molar-refractivity contribution in [3.05, 3.63) is 42.2 Å². The van der Waals surface area contributed by atoms with Crippen molar-refractivity contribution in [2.45, 2.75) is 0 Å². The Labute approximate surface area is 135 Å². The van der Waals surface area contributed by atoms with Crippen LogP contribution in [0.15, 0.2) is 36.7 Å². The summed E-state index contributed by atoms with van der Waals surface area (Å²) in [6.45, 7) is 1.36. The van der Waals surface area contributed by atoms with Crippen LogP contribution in [-0.4, -0.2) is 55.1 Å². The molecule has 0 aliphatic rings. The lowest BCUT2D eigenvalue weighted by Crippen LogP contribution is -2.31. The van der Waals surface area contributed by atoms with Gasteiger partial charge in [0.25, 0.3) is 5.91 Å². The van der Waals surface area contributed by atoms with Crippen LogP contribution in [0, 0.1) is 0 Å². The van der Waals surface area contributed by atoms with Crippen LogP contribution in [0.5, 0.6) is 5.75 Å². The second-order valence-corrected chi connectivity index (χ2v) is 5.21. The van der Waals surface area contributed by atoms with Crippen LogP contribution >= 0.6 is 0 Å². The van der Waals surface area contributed by atoms with Gasteiger partial charge in [0.05, 0.1) is 12.7 Å². The fraction of sp³-hybridized carbons (Fsp3) is 0.312. The molecule has 1 aromatic carbocycles. The lowest BCUT2D eigenvalue weighted by Gasteiger charge is -2.10. The molecular formula is C16H21N5O2. The summed E-state index contributed by atoms with van der Waals surface area (Å²) >= 11 is 0. The lowest BCUT2D eigenvalue weighted by molar-refractivity contribution is 0.0950. The summed E-state index contributed by atoms with van der Waals surface area (Å²) in [4.78, 5) is 22.2. The summed E-state index contributed by atoms with van der Waals surface area (Å²) in [5, 5.41) is 5.88. The van der Waals surface area contributed by atoms with E-state index in [0.717, 1.165) is 18.0 Å². The molecule has 1 heterocycles. The molecule has 0 aliphatic carbocycles. The molecule has 7 nitrogen and oxygen atoms in total. The molecule has 0 spiro atoms. The van der Waals surface area contributed by atoms with Gasteiger partial charge < -0.3 is 20.3 Å². The van der Waals surface area contributed by atoms with Gasteiger partial charge in [0.1, 0.15) is 5.75 Å². The number of amides is 1. The minimum atomic E-state index is -0.181. The maximum atomic E-state index is 11.9. The van der Waals surface area contributed by atoms with E-state index in [1.807, 2.05) is 43.3 Å². The van der Waals surface area contributed by atoms with Crippen molar-refractivity contribution in [3.63, 3.8) is 0 Å². The first kappa shape index (κ1) is 16.7. The molecule has 2 aromatic rings. The normalized spacial score (nSPS) is 10.4. The molecule has 2 rings (SSSR count). The standard InChI is InChI=1S/C16H21N5O2/c1-21(2)8-7-17-15(22)12-10-18-16(19-11-12)20-13-5-4-6-14(9-13)23-3/h4-6,9-11H,7-8H2,1-3H3,(H,17,22)(H,18,19,20). The third-order valence-corrected chi connectivity index (χ3v) is 3.08. The highest BCUT2D eigenvalue weighted by atomic mass is 16.5. The van der Waals surface area contributed by atoms with E-state index in [1.165, 1.54) is 12.4 Å². The molecule has 1 aromatic heterocycles. The van der Waals surface area contributed by atoms with Crippen molar-refractivity contribution < 1.29 is 9.53 Å². The fourth-order valence-corrected chi connectivity index (χ4v) is 1.83. The van der Waals surface area contributed by atoms with Crippen molar-refractivity contribution in [2.75, 3.05) is 39.6 Å². The summed E-state index contributed by atoms with van der Waals surface area (Å²) in [7, 11) is 5.52. The van der Waals surface area contributed by atoms with E-state index in [4.69, 9.17) is 4.74 Å². The van der Waals surface area contributed by atoms with Crippen LogP contribution in [0.2, 0.25) is 0 Å². The van der Waals surface area contributed by atoms with Crippen LogP contribution in [0.25, 0.3) is 0 Å². The zero-order chi connectivity index (χ0) is 16.7. The smallest absolute Gasteiger partial charge is 0.254 e. The van der Waals surface area contributed by atoms with Crippen LogP contribution in [0.4, 0.5) is 11.6 Å². The summed E-state index contributed by atoms with van der Waals surface area (Å²) in [5.74, 6) is 0.981. The van der Waals surface area contributed by atoms with E-state index in [1.54, 1.807) is 7.11 Å². The summed E-state index contributed by atoms with van der Waals surface area (Å²) in [6, 6.07) is 7.44. The van der Waals surface area contributed by atoms with Crippen LogP contribution in [0.3, 0.4) is 0 Å². The van der Waals surface area contributed by atoms with Gasteiger partial charge in [-0.25, -0.2) is 9.97 Å². The number of nitrogens with zero attached hydrogens (tertiary/aromatic N) is 3. The van der Waals surface area contributed by atoms with E-state index in [9.17, 15) is 4.79 Å². The highest BCUT2D eigenvalue weighted by Gasteiger charge is 2.07. The van der Waals surface area contributed by atoms with Gasteiger partial charge in [0, 0.05) is 37.2 Å². The van der Waals surface area contributed by atoms with Crippen molar-refractivity contribution in [1.82, 2.24) is 20.2 Å². The second kappa shape index (κ2) is 8.09. The predicted octanol–water partition coefficient (Wildman–Crippen LogP) is 1.52. The number of rotatable bonds is 7. The Hall–Kier alpha value is -2.67. The molecule has 23 heavy (non-hydrogen) atoms. The average Bonchev–Trinajstić information content (AvgIpc) is 2.55. The lowest BCUT2D eigenvalue weighted by atomic mass is 10.3. The SMILES string of the molecule is COc1cccc(Nc2ncc(C(=O)NCCN(C)C)cn2)c1. The fourth-order valence-electron chi connectivity index (χ4n) is 1.83. The zero-order valence-electron chi connectivity index (χ0n) is 13.5. The first-order valence-electron chi connectivity index (χ1n) is 7.24. The number of hydrogen-bond acceptors (Lipinski definition) is 6. The molecule has 0 saturated carbocycles. The number of methoxy groups -OCH3 is 1. The number of ether oxygens (including phenoxy) is 1. The highest BCUT2D eigenvalue weighted by Crippen LogP contribution is 2.19. The summed E-state index contributed by atoms with van der Waals surface area (Å²) < 4.78 is 5.16. The first-order valence-corrected chi connectivity index (χ1v) is 7.24. The van der Waals surface area contributed by atoms with Crippen LogP contribution < -0.4 is 15.4 Å². The number of carbonyl (C=O) groups excluding carboxylic acids is 1. The Kier molecular flexibility index (Phi) is 5.87. The number of likely N-dealkylation sites (N-methyl/N-ethyl adjacent to an activating group) is 1. The highest BCUT2D eigenvalue weighted by molar-refractivity contribution is 5.93. The molecule has 0 bridgehead atoms. The van der Waals surface area contributed by atoms with Gasteiger partial charge in [-0.3, -0.25) is 4.79 Å². The molecule has 0 fully saturated rings. The largest absolute Gasteiger partial charge is 0.497 e. The van der Waals surface area contributed by atoms with E-state index >= 15 is 0 Å². The molecular weight excluding hydrogens is 294 g/mol. The van der Waals surface area contributed by atoms with E-state index in [0.29, 0.717) is 18.1 Å². The minimum Gasteiger partial charge on any atom is -0.497 e. The van der Waals surface area contributed by atoms with Gasteiger partial charge in [-0.2, -0.15) is 0 Å². The van der Waals surface area contributed by atoms with Crippen LogP contribution in [0.1, 0.15) is 10.4 Å². The third-order valence-electron chi connectivity index (χ3n) is 3.08. The van der Waals surface area contributed by atoms with Gasteiger partial charge in [0.2, 0.25) is 5.95 Å². The minimum absolute atomic E-state index is 0.181. The molecule has 122 valence electrons. The van der Waals surface area contributed by atoms with Gasteiger partial charge in [-0.15, -0.1) is 0 Å². The Bertz CT molecular complexity index is 643. The molecule has 2 N–H and O–H groups in total. The van der Waals surface area contributed by atoms with Crippen molar-refractivity contribution in [3.8, 4) is 5.75 Å². The number of nitrogens with one attached hydrogen (secondary N) is 2. The number of carbonyl (C=O) groups is 1. The molecule has 1 amide bonds. The Morgan fingerprint density at radius 3 is 2.65 bits per heavy atom. The van der Waals surface area contributed by atoms with Crippen molar-refractivity contribution in [1.29, 1.82) is 0 Å². The van der Waals surface area contributed by atoms with E-state index in [2.05, 4.69) is 20.6 Å². The van der Waals surface area contributed by atoms with Gasteiger partial charge >= 0.3 is 0 Å². The zero-order valence-corrected chi connectivity index (χ0v) is 13.5. The Morgan fingerprint density at radius 1 is 1.26 bits per heavy atom. The van der Waals surface area contributed by atoms with Gasteiger partial charge in [0.15, 0.2) is 0 Å². The number of anilines is 2. The Morgan fingerprint density at radius 2 is 2.00 bits per heavy atom. The average molecular weight is 315 g/mol. The number of aromatic nitrogens is 2. The molecule has 7 heteroatoms. The first-order chi connectivity index (χ1) is 11.1. The predicted molar refractivity (Wildman–Crippen MR) is 89.2 cm³/mol. The van der Waals surface area contributed by atoms with E-state index in [-0.39, 0.29) is 5.91 Å². The summed E-state index contributed by atoms with van der Waals surface area (Å²) in [5.41, 5.74) is 1.24.